The van der Waals surface area contributed by atoms with Crippen LogP contribution in [0.4, 0.5) is 4.79 Å². The first-order chi connectivity index (χ1) is 26.0. The van der Waals surface area contributed by atoms with Gasteiger partial charge in [0.25, 0.3) is 0 Å². The van der Waals surface area contributed by atoms with E-state index in [1.807, 2.05) is 33.1 Å². The number of ether oxygens (including phenoxy) is 3. The number of amides is 3. The molecule has 0 radical (unpaired) electrons. The third kappa shape index (κ3) is 7.68. The van der Waals surface area contributed by atoms with E-state index < -0.39 is 53.0 Å². The van der Waals surface area contributed by atoms with Crippen molar-refractivity contribution in [1.29, 1.82) is 0 Å². The van der Waals surface area contributed by atoms with E-state index in [0.717, 1.165) is 18.5 Å². The lowest BCUT2D eigenvalue weighted by molar-refractivity contribution is -0.146. The Hall–Kier alpha value is -4.17. The number of thiazole rings is 1. The molecule has 4 aliphatic rings. The van der Waals surface area contributed by atoms with E-state index in [0.29, 0.717) is 62.8 Å². The molecule has 3 aliphatic carbocycles. The van der Waals surface area contributed by atoms with Crippen molar-refractivity contribution in [3.63, 3.8) is 0 Å². The van der Waals surface area contributed by atoms with Gasteiger partial charge in [0, 0.05) is 23.3 Å². The first-order valence-electron chi connectivity index (χ1n) is 19.2. The zero-order chi connectivity index (χ0) is 39.6. The summed E-state index contributed by atoms with van der Waals surface area (Å²) < 4.78 is 18.0. The fourth-order valence-corrected chi connectivity index (χ4v) is 9.49. The Labute approximate surface area is 329 Å². The van der Waals surface area contributed by atoms with Gasteiger partial charge in [0.15, 0.2) is 0 Å². The lowest BCUT2D eigenvalue weighted by atomic mass is 9.85. The number of pyridine rings is 1. The lowest BCUT2D eigenvalue weighted by Crippen LogP contribution is -2.59. The molecule has 55 heavy (non-hydrogen) atoms. The number of carbonyl (C=O) groups excluding carboxylic acids is 3. The maximum absolute atomic E-state index is 14.7. The highest BCUT2D eigenvalue weighted by molar-refractivity contribution is 7.13. The van der Waals surface area contributed by atoms with Crippen LogP contribution in [-0.2, 0) is 19.1 Å². The fraction of sp³-hybridized carbons (Fsp3) is 0.600. The summed E-state index contributed by atoms with van der Waals surface area (Å²) in [5.41, 5.74) is -0.276. The molecule has 296 valence electrons. The summed E-state index contributed by atoms with van der Waals surface area (Å²) in [4.78, 5) is 65.6. The van der Waals surface area contributed by atoms with Gasteiger partial charge in [0.1, 0.15) is 57.1 Å². The molecule has 2 aromatic heterocycles. The Morgan fingerprint density at radius 3 is 2.40 bits per heavy atom. The van der Waals surface area contributed by atoms with Crippen LogP contribution in [0.2, 0.25) is 5.02 Å². The molecule has 3 amide bonds. The Morgan fingerprint density at radius 1 is 1.07 bits per heavy atom. The summed E-state index contributed by atoms with van der Waals surface area (Å²) in [7, 11) is 1.52. The molecule has 3 aromatic rings. The molecule has 4 fully saturated rings. The van der Waals surface area contributed by atoms with Crippen LogP contribution in [0.15, 0.2) is 23.6 Å². The molecule has 1 saturated heterocycles. The molecule has 3 heterocycles. The van der Waals surface area contributed by atoms with Gasteiger partial charge in [-0.1, -0.05) is 59.6 Å². The maximum atomic E-state index is 14.7. The highest BCUT2D eigenvalue weighted by Crippen LogP contribution is 2.52. The van der Waals surface area contributed by atoms with E-state index in [4.69, 9.17) is 35.8 Å². The average Bonchev–Trinajstić information content (AvgIpc) is 3.77. The third-order valence-corrected chi connectivity index (χ3v) is 13.0. The molecule has 13 nitrogen and oxygen atoms in total. The number of rotatable bonds is 12. The number of hydrogen-bond donors (Lipinski definition) is 3. The van der Waals surface area contributed by atoms with Crippen molar-refractivity contribution in [3.05, 3.63) is 34.3 Å². The third-order valence-electron chi connectivity index (χ3n) is 11.7. The summed E-state index contributed by atoms with van der Waals surface area (Å²) in [6.45, 7) is 11.5. The molecule has 15 heteroatoms. The van der Waals surface area contributed by atoms with Gasteiger partial charge >= 0.3 is 12.1 Å². The average molecular weight is 796 g/mol. The minimum atomic E-state index is -1.40. The first-order valence-corrected chi connectivity index (χ1v) is 20.4. The van der Waals surface area contributed by atoms with Crippen LogP contribution in [0, 0.1) is 23.2 Å². The molecule has 0 unspecified atom stereocenters. The molecule has 0 spiro atoms. The fourth-order valence-electron chi connectivity index (χ4n) is 8.26. The molecule has 0 bridgehead atoms. The van der Waals surface area contributed by atoms with Crippen LogP contribution in [0.5, 0.6) is 11.5 Å². The van der Waals surface area contributed by atoms with E-state index in [1.54, 1.807) is 18.2 Å². The second-order valence-electron chi connectivity index (χ2n) is 17.0. The highest BCUT2D eigenvalue weighted by atomic mass is 35.5. The summed E-state index contributed by atoms with van der Waals surface area (Å²) >= 11 is 8.27. The molecule has 3 N–H and O–H groups in total. The van der Waals surface area contributed by atoms with Gasteiger partial charge in [-0.2, -0.15) is 0 Å². The quantitative estimate of drug-likeness (QED) is 0.177. The van der Waals surface area contributed by atoms with E-state index in [9.17, 15) is 24.3 Å². The Morgan fingerprint density at radius 2 is 1.80 bits per heavy atom. The van der Waals surface area contributed by atoms with Crippen molar-refractivity contribution >= 4 is 57.7 Å². The standard InChI is InChI=1S/C40H50ClN5O8S/c1-8-22-16-40(22,37(49)50)45-34(47)28-14-24(17-46(28)36(48)33(39(4,5)6)44-38(51)54-23-12-20-11-21(20)13-23)53-30-15-26(35-43-27(18-55-35)19(2)3)42-32-25(30)9-10-29(52-7)31(32)41/h9-10,15,18-24,28,33H,8,11-14,16-17H2,1-7H3,(H,44,51)(H,45,47)(H,49,50)/t20-,21+,22-,23+,24-,28+,33-,40-/m1/s1. The summed E-state index contributed by atoms with van der Waals surface area (Å²) in [5, 5.41) is 19.3. The zero-order valence-corrected chi connectivity index (χ0v) is 33.9. The van der Waals surface area contributed by atoms with E-state index in [2.05, 4.69) is 24.5 Å². The number of halogens is 1. The van der Waals surface area contributed by atoms with Gasteiger partial charge in [-0.25, -0.2) is 19.6 Å². The summed E-state index contributed by atoms with van der Waals surface area (Å²) in [5.74, 6) is -0.133. The predicted molar refractivity (Wildman–Crippen MR) is 207 cm³/mol. The molecule has 3 saturated carbocycles. The SMILES string of the molecule is CC[C@@H]1C[C@]1(NC(=O)[C@@H]1C[C@@H](Oc2cc(-c3nc(C(C)C)cs3)nc3c(Cl)c(OC)ccc23)CN1C(=O)[C@@H](NC(=O)O[C@@H]1C[C@@H]2C[C@@H]2C1)C(C)(C)C)C(=O)O. The van der Waals surface area contributed by atoms with Crippen LogP contribution in [0.3, 0.4) is 0 Å². The molecule has 7 rings (SSSR count). The smallest absolute Gasteiger partial charge is 0.408 e. The minimum absolute atomic E-state index is 0.0126. The number of fused-ring (bicyclic) bond motifs is 2. The monoisotopic (exact) mass is 795 g/mol. The van der Waals surface area contributed by atoms with E-state index in [1.165, 1.54) is 29.8 Å². The van der Waals surface area contributed by atoms with Crippen LogP contribution in [0.25, 0.3) is 21.6 Å². The normalized spacial score (nSPS) is 27.4. The second kappa shape index (κ2) is 14.7. The van der Waals surface area contributed by atoms with Crippen molar-refractivity contribution in [2.45, 2.75) is 116 Å². The van der Waals surface area contributed by atoms with E-state index in [-0.39, 0.29) is 30.9 Å². The molecule has 8 atom stereocenters. The van der Waals surface area contributed by atoms with Crippen LogP contribution < -0.4 is 20.1 Å². The van der Waals surface area contributed by atoms with Gasteiger partial charge in [-0.3, -0.25) is 9.59 Å². The number of nitrogens with one attached hydrogen (secondary N) is 2. The highest BCUT2D eigenvalue weighted by Gasteiger charge is 2.61. The first kappa shape index (κ1) is 39.1. The number of nitrogens with zero attached hydrogens (tertiary/aromatic N) is 3. The van der Waals surface area contributed by atoms with Crippen molar-refractivity contribution in [3.8, 4) is 22.2 Å². The van der Waals surface area contributed by atoms with Crippen LogP contribution in [-0.4, -0.2) is 87.3 Å². The lowest BCUT2D eigenvalue weighted by Gasteiger charge is -2.35. The van der Waals surface area contributed by atoms with Crippen LogP contribution in [0.1, 0.15) is 91.7 Å². The summed E-state index contributed by atoms with van der Waals surface area (Å²) in [6.07, 6.45) is 2.21. The molecular formula is C40H50ClN5O8S. The summed E-state index contributed by atoms with van der Waals surface area (Å²) in [6, 6.07) is 3.16. The van der Waals surface area contributed by atoms with E-state index >= 15 is 0 Å². The molecular weight excluding hydrogens is 746 g/mol. The number of carboxylic acids is 1. The van der Waals surface area contributed by atoms with Crippen molar-refractivity contribution < 1.29 is 38.5 Å². The Kier molecular flexibility index (Phi) is 10.5. The van der Waals surface area contributed by atoms with Gasteiger partial charge in [-0.15, -0.1) is 11.3 Å². The topological polar surface area (TPSA) is 169 Å². The number of carboxylic acid groups (broad SMARTS) is 1. The number of likely N-dealkylation sites (tertiary alicyclic amines) is 1. The number of aliphatic carboxylic acids is 1. The number of alkyl carbamates (subject to hydrolysis) is 1. The van der Waals surface area contributed by atoms with Crippen LogP contribution >= 0.6 is 22.9 Å². The van der Waals surface area contributed by atoms with Gasteiger partial charge in [-0.05, 0) is 66.9 Å². The number of aromatic nitrogens is 2. The predicted octanol–water partition coefficient (Wildman–Crippen LogP) is 6.80. The number of benzene rings is 1. The molecule has 1 aliphatic heterocycles. The Balaban J connectivity index is 1.20. The number of methoxy groups -OCH3 is 1. The van der Waals surface area contributed by atoms with Crippen molar-refractivity contribution in [2.75, 3.05) is 13.7 Å². The van der Waals surface area contributed by atoms with Gasteiger partial charge in [0.2, 0.25) is 11.8 Å². The zero-order valence-electron chi connectivity index (χ0n) is 32.3. The van der Waals surface area contributed by atoms with Crippen molar-refractivity contribution in [1.82, 2.24) is 25.5 Å². The Bertz CT molecular complexity index is 2010. The molecule has 1 aromatic carbocycles. The van der Waals surface area contributed by atoms with Crippen molar-refractivity contribution in [2.24, 2.45) is 23.2 Å². The largest absolute Gasteiger partial charge is 0.495 e. The maximum Gasteiger partial charge on any atom is 0.408 e. The number of carbonyl (C=O) groups is 4. The van der Waals surface area contributed by atoms with Gasteiger partial charge in [0.05, 0.1) is 24.9 Å². The minimum Gasteiger partial charge on any atom is -0.495 e. The second-order valence-corrected chi connectivity index (χ2v) is 18.2. The number of hydrogen-bond acceptors (Lipinski definition) is 10. The van der Waals surface area contributed by atoms with Gasteiger partial charge < -0.3 is 34.9 Å².